The molecule has 0 amide bonds. The van der Waals surface area contributed by atoms with Crippen molar-refractivity contribution in [3.63, 3.8) is 0 Å². The number of carbonyl (C=O) groups is 1. The maximum Gasteiger partial charge on any atom is 0.317 e. The van der Waals surface area contributed by atoms with E-state index >= 15 is 0 Å². The van der Waals surface area contributed by atoms with Gasteiger partial charge in [-0.25, -0.2) is 0 Å². The summed E-state index contributed by atoms with van der Waals surface area (Å²) in [4.78, 5) is 12.8. The molecule has 0 radical (unpaired) electrons. The molecule has 1 rings (SSSR count). The predicted octanol–water partition coefficient (Wildman–Crippen LogP) is 2.87. The molecule has 0 bridgehead atoms. The van der Waals surface area contributed by atoms with Gasteiger partial charge in [0.1, 0.15) is 12.4 Å². The molecule has 20 heavy (non-hydrogen) atoms. The number of hydrogen-bond donors (Lipinski definition) is 1. The van der Waals surface area contributed by atoms with Crippen LogP contribution in [0.25, 0.3) is 0 Å². The summed E-state index contributed by atoms with van der Waals surface area (Å²) in [6.45, 7) is 11.2. The van der Waals surface area contributed by atoms with Crippen LogP contribution < -0.4 is 4.74 Å². The quantitative estimate of drug-likeness (QED) is 0.870. The minimum Gasteiger partial charge on any atom is -0.492 e. The molecule has 0 aliphatic carbocycles. The van der Waals surface area contributed by atoms with Crippen LogP contribution in [-0.2, 0) is 4.79 Å². The highest BCUT2D eigenvalue weighted by Crippen LogP contribution is 2.17. The van der Waals surface area contributed by atoms with E-state index < -0.39 is 5.97 Å². The summed E-state index contributed by atoms with van der Waals surface area (Å²) in [6, 6.07) is 6.08. The molecule has 4 nitrogen and oxygen atoms in total. The first-order valence-corrected chi connectivity index (χ1v) is 6.86. The van der Waals surface area contributed by atoms with E-state index in [0.717, 1.165) is 5.75 Å². The molecule has 4 heteroatoms. The Bertz CT molecular complexity index is 443. The summed E-state index contributed by atoms with van der Waals surface area (Å²) >= 11 is 0. The standard InChI is InChI=1S/C16H25NO3/c1-12-8-13(2)10-14(9-12)20-7-6-17(11-15(18)19)16(3,4)5/h8-10H,6-7,11H2,1-5H3,(H,18,19). The predicted molar refractivity (Wildman–Crippen MR) is 80.4 cm³/mol. The number of aliphatic carboxylic acids is 1. The Morgan fingerprint density at radius 1 is 1.20 bits per heavy atom. The molecule has 0 aliphatic rings. The molecule has 0 aromatic heterocycles. The third-order valence-electron chi connectivity index (χ3n) is 3.10. The Hall–Kier alpha value is -1.55. The van der Waals surface area contributed by atoms with Gasteiger partial charge in [0, 0.05) is 12.1 Å². The first kappa shape index (κ1) is 16.5. The maximum atomic E-state index is 10.9. The van der Waals surface area contributed by atoms with Gasteiger partial charge in [0.2, 0.25) is 0 Å². The van der Waals surface area contributed by atoms with E-state index in [4.69, 9.17) is 9.84 Å². The lowest BCUT2D eigenvalue weighted by Gasteiger charge is -2.34. The average molecular weight is 279 g/mol. The molecule has 0 fully saturated rings. The first-order valence-electron chi connectivity index (χ1n) is 6.86. The minimum absolute atomic E-state index is 0.0275. The van der Waals surface area contributed by atoms with E-state index in [2.05, 4.69) is 6.07 Å². The Morgan fingerprint density at radius 3 is 2.20 bits per heavy atom. The monoisotopic (exact) mass is 279 g/mol. The third kappa shape index (κ3) is 5.61. The zero-order valence-corrected chi connectivity index (χ0v) is 13.1. The summed E-state index contributed by atoms with van der Waals surface area (Å²) < 4.78 is 5.74. The number of aryl methyl sites for hydroxylation is 2. The Labute approximate surface area is 121 Å². The molecular formula is C16H25NO3. The smallest absolute Gasteiger partial charge is 0.317 e. The molecule has 1 N–H and O–H groups in total. The van der Waals surface area contributed by atoms with Crippen molar-refractivity contribution in [1.82, 2.24) is 4.90 Å². The van der Waals surface area contributed by atoms with Gasteiger partial charge in [-0.1, -0.05) is 6.07 Å². The van der Waals surface area contributed by atoms with Gasteiger partial charge < -0.3 is 9.84 Å². The summed E-state index contributed by atoms with van der Waals surface area (Å²) in [5.41, 5.74) is 2.14. The number of hydrogen-bond acceptors (Lipinski definition) is 3. The lowest BCUT2D eigenvalue weighted by atomic mass is 10.1. The molecule has 1 aromatic carbocycles. The van der Waals surface area contributed by atoms with Gasteiger partial charge in [-0.3, -0.25) is 9.69 Å². The van der Waals surface area contributed by atoms with Crippen LogP contribution in [0.2, 0.25) is 0 Å². The van der Waals surface area contributed by atoms with Gasteiger partial charge in [-0.05, 0) is 57.9 Å². The fourth-order valence-corrected chi connectivity index (χ4v) is 2.10. The molecular weight excluding hydrogens is 254 g/mol. The molecule has 1 aromatic rings. The highest BCUT2D eigenvalue weighted by atomic mass is 16.5. The first-order chi connectivity index (χ1) is 9.18. The average Bonchev–Trinajstić information content (AvgIpc) is 2.24. The lowest BCUT2D eigenvalue weighted by Crippen LogP contribution is -2.46. The van der Waals surface area contributed by atoms with E-state index in [-0.39, 0.29) is 12.1 Å². The van der Waals surface area contributed by atoms with Crippen molar-refractivity contribution in [3.8, 4) is 5.75 Å². The van der Waals surface area contributed by atoms with Crippen LogP contribution in [0.5, 0.6) is 5.75 Å². The zero-order valence-electron chi connectivity index (χ0n) is 13.1. The highest BCUT2D eigenvalue weighted by Gasteiger charge is 2.23. The van der Waals surface area contributed by atoms with Crippen molar-refractivity contribution in [1.29, 1.82) is 0 Å². The Kier molecular flexibility index (Phi) is 5.57. The van der Waals surface area contributed by atoms with E-state index in [1.807, 2.05) is 51.7 Å². The van der Waals surface area contributed by atoms with Crippen molar-refractivity contribution in [2.45, 2.75) is 40.2 Å². The molecule has 0 heterocycles. The number of carboxylic acids is 1. The second-order valence-electron chi connectivity index (χ2n) is 6.16. The number of ether oxygens (including phenoxy) is 1. The van der Waals surface area contributed by atoms with Crippen molar-refractivity contribution >= 4 is 5.97 Å². The second-order valence-corrected chi connectivity index (χ2v) is 6.16. The molecule has 0 aliphatic heterocycles. The van der Waals surface area contributed by atoms with E-state index in [9.17, 15) is 4.79 Å². The number of rotatable bonds is 6. The van der Waals surface area contributed by atoms with E-state index in [0.29, 0.717) is 13.2 Å². The van der Waals surface area contributed by atoms with Gasteiger partial charge in [-0.15, -0.1) is 0 Å². The van der Waals surface area contributed by atoms with Crippen LogP contribution in [0, 0.1) is 13.8 Å². The SMILES string of the molecule is Cc1cc(C)cc(OCCN(CC(=O)O)C(C)(C)C)c1. The number of nitrogens with zero attached hydrogens (tertiary/aromatic N) is 1. The minimum atomic E-state index is -0.814. The Balaban J connectivity index is 2.58. The third-order valence-corrected chi connectivity index (χ3v) is 3.10. The van der Waals surface area contributed by atoms with E-state index in [1.165, 1.54) is 11.1 Å². The largest absolute Gasteiger partial charge is 0.492 e. The normalized spacial score (nSPS) is 11.7. The summed E-state index contributed by atoms with van der Waals surface area (Å²) in [7, 11) is 0. The summed E-state index contributed by atoms with van der Waals surface area (Å²) in [5, 5.41) is 8.95. The topological polar surface area (TPSA) is 49.8 Å². The summed E-state index contributed by atoms with van der Waals surface area (Å²) in [6.07, 6.45) is 0. The molecule has 0 saturated carbocycles. The van der Waals surface area contributed by atoms with Crippen LogP contribution in [0.4, 0.5) is 0 Å². The van der Waals surface area contributed by atoms with Gasteiger partial charge >= 0.3 is 5.97 Å². The summed E-state index contributed by atoms with van der Waals surface area (Å²) in [5.74, 6) is 0.0259. The fourth-order valence-electron chi connectivity index (χ4n) is 2.10. The van der Waals surface area contributed by atoms with Crippen LogP contribution in [0.15, 0.2) is 18.2 Å². The molecule has 0 atom stereocenters. The highest BCUT2D eigenvalue weighted by molar-refractivity contribution is 5.69. The maximum absolute atomic E-state index is 10.9. The van der Waals surface area contributed by atoms with Gasteiger partial charge in [0.05, 0.1) is 6.54 Å². The van der Waals surface area contributed by atoms with Crippen LogP contribution >= 0.6 is 0 Å². The number of carboxylic acid groups (broad SMARTS) is 1. The zero-order chi connectivity index (χ0) is 15.3. The van der Waals surface area contributed by atoms with Crippen LogP contribution in [0.3, 0.4) is 0 Å². The number of benzene rings is 1. The molecule has 0 spiro atoms. The van der Waals surface area contributed by atoms with Crippen molar-refractivity contribution in [2.24, 2.45) is 0 Å². The van der Waals surface area contributed by atoms with Crippen molar-refractivity contribution in [3.05, 3.63) is 29.3 Å². The van der Waals surface area contributed by atoms with Crippen LogP contribution in [0.1, 0.15) is 31.9 Å². The lowest BCUT2D eigenvalue weighted by molar-refractivity contribution is -0.139. The molecule has 0 saturated heterocycles. The van der Waals surface area contributed by atoms with Crippen molar-refractivity contribution < 1.29 is 14.6 Å². The van der Waals surface area contributed by atoms with Crippen molar-refractivity contribution in [2.75, 3.05) is 19.7 Å². The van der Waals surface area contributed by atoms with Gasteiger partial charge in [0.15, 0.2) is 0 Å². The van der Waals surface area contributed by atoms with Gasteiger partial charge in [-0.2, -0.15) is 0 Å². The Morgan fingerprint density at radius 2 is 1.75 bits per heavy atom. The van der Waals surface area contributed by atoms with Gasteiger partial charge in [0.25, 0.3) is 0 Å². The van der Waals surface area contributed by atoms with E-state index in [1.54, 1.807) is 0 Å². The second kappa shape index (κ2) is 6.75. The fraction of sp³-hybridized carbons (Fsp3) is 0.562. The molecule has 112 valence electrons. The van der Waals surface area contributed by atoms with Crippen LogP contribution in [-0.4, -0.2) is 41.2 Å². The molecule has 0 unspecified atom stereocenters.